The number of carbonyl (C=O) groups is 3. The summed E-state index contributed by atoms with van der Waals surface area (Å²) in [6.45, 7) is 29.9. The van der Waals surface area contributed by atoms with Crippen LogP contribution in [0.1, 0.15) is 146 Å². The van der Waals surface area contributed by atoms with Gasteiger partial charge in [0.25, 0.3) is 0 Å². The normalized spacial score (nSPS) is 32.9. The molecule has 0 aromatic carbocycles. The number of ketones is 1. The van der Waals surface area contributed by atoms with E-state index in [0.717, 1.165) is 73.9 Å². The lowest BCUT2D eigenvalue weighted by atomic mass is 9.34. The molecule has 4 rings (SSSR count). The molecule has 0 spiro atoms. The van der Waals surface area contributed by atoms with Crippen LogP contribution in [0.3, 0.4) is 0 Å². The number of nitrogens with two attached hydrogens (primary N) is 1. The molecule has 0 aromatic heterocycles. The van der Waals surface area contributed by atoms with E-state index in [2.05, 4.69) is 69.9 Å². The first-order valence-electron chi connectivity index (χ1n) is 21.3. The number of carbonyl (C=O) groups excluding carboxylic acids is 2. The lowest BCUT2D eigenvalue weighted by Gasteiger charge is -2.70. The number of amidine groups is 1. The molecule has 56 heavy (non-hydrogen) atoms. The number of rotatable bonds is 16. The van der Waals surface area contributed by atoms with Crippen LogP contribution in [-0.4, -0.2) is 60.0 Å². The van der Waals surface area contributed by atoms with E-state index in [1.54, 1.807) is 20.0 Å². The number of esters is 1. The highest BCUT2D eigenvalue weighted by Gasteiger charge is 2.68. The molecule has 0 saturated heterocycles. The zero-order valence-electron chi connectivity index (χ0n) is 36.7. The molecule has 3 N–H and O–H groups in total. The number of fused-ring (bicyclic) bond motifs is 5. The maximum atomic E-state index is 14.3. The molecule has 8 atom stereocenters. The fourth-order valence-electron chi connectivity index (χ4n) is 12.2. The Morgan fingerprint density at radius 1 is 1.12 bits per heavy atom. The van der Waals surface area contributed by atoms with Crippen molar-refractivity contribution >= 4 is 30.3 Å². The molecular weight excluding hydrogens is 701 g/mol. The zero-order valence-corrected chi connectivity index (χ0v) is 36.7. The minimum absolute atomic E-state index is 0.0456. The van der Waals surface area contributed by atoms with E-state index in [-0.39, 0.29) is 40.1 Å². The fourth-order valence-corrected chi connectivity index (χ4v) is 12.2. The number of likely N-dealkylation sites (N-methyl/N-ethyl adjacent to an activating group) is 1. The van der Waals surface area contributed by atoms with Crippen molar-refractivity contribution in [3.05, 3.63) is 47.2 Å². The minimum Gasteiger partial charge on any atom is -0.481 e. The summed E-state index contributed by atoms with van der Waals surface area (Å²) in [5.41, 5.74) is 8.74. The van der Waals surface area contributed by atoms with Gasteiger partial charge in [-0.15, -0.1) is 5.10 Å². The maximum absolute atomic E-state index is 14.3. The molecule has 9 nitrogen and oxygen atoms in total. The molecule has 0 aromatic rings. The number of carboxylic acids is 1. The van der Waals surface area contributed by atoms with Gasteiger partial charge >= 0.3 is 11.9 Å². The molecule has 0 heterocycles. The highest BCUT2D eigenvalue weighted by Crippen LogP contribution is 2.76. The summed E-state index contributed by atoms with van der Waals surface area (Å²) in [4.78, 5) is 40.9. The largest absolute Gasteiger partial charge is 0.481 e. The number of hydrogen-bond acceptors (Lipinski definition) is 7. The molecule has 3 saturated carbocycles. The second kappa shape index (κ2) is 17.2. The Morgan fingerprint density at radius 2 is 1.80 bits per heavy atom. The Hall–Kier alpha value is -3.49. The molecule has 312 valence electrons. The van der Waals surface area contributed by atoms with Crippen LogP contribution in [0.5, 0.6) is 0 Å². The van der Waals surface area contributed by atoms with Gasteiger partial charge in [-0.1, -0.05) is 65.8 Å². The Kier molecular flexibility index (Phi) is 13.9. The van der Waals surface area contributed by atoms with E-state index in [4.69, 9.17) is 10.5 Å². The van der Waals surface area contributed by atoms with Crippen LogP contribution in [-0.2, 0) is 19.1 Å². The van der Waals surface area contributed by atoms with Gasteiger partial charge in [-0.2, -0.15) is 5.10 Å². The van der Waals surface area contributed by atoms with Crippen LogP contribution in [0.15, 0.2) is 57.4 Å². The quantitative estimate of drug-likeness (QED) is 0.0524. The van der Waals surface area contributed by atoms with Crippen molar-refractivity contribution in [2.24, 2.45) is 66.7 Å². The van der Waals surface area contributed by atoms with Crippen molar-refractivity contribution in [1.29, 1.82) is 0 Å². The number of ether oxygens (including phenoxy) is 1. The number of aliphatic carboxylic acids is 1. The van der Waals surface area contributed by atoms with Crippen LogP contribution in [0.2, 0.25) is 0 Å². The van der Waals surface area contributed by atoms with E-state index in [0.29, 0.717) is 42.9 Å². The van der Waals surface area contributed by atoms with Crippen molar-refractivity contribution in [1.82, 2.24) is 4.90 Å². The van der Waals surface area contributed by atoms with Crippen molar-refractivity contribution in [3.63, 3.8) is 0 Å². The predicted octanol–water partition coefficient (Wildman–Crippen LogP) is 10.1. The predicted molar refractivity (Wildman–Crippen MR) is 228 cm³/mol. The van der Waals surface area contributed by atoms with Crippen LogP contribution in [0.4, 0.5) is 0 Å². The highest BCUT2D eigenvalue weighted by molar-refractivity contribution is 6.01. The summed E-state index contributed by atoms with van der Waals surface area (Å²) >= 11 is 0. The van der Waals surface area contributed by atoms with Crippen LogP contribution >= 0.6 is 0 Å². The summed E-state index contributed by atoms with van der Waals surface area (Å²) in [6.07, 6.45) is 15.5. The lowest BCUT2D eigenvalue weighted by molar-refractivity contribution is -0.195. The first kappa shape index (κ1) is 45.2. The van der Waals surface area contributed by atoms with Gasteiger partial charge in [-0.05, 0) is 148 Å². The Balaban J connectivity index is 1.67. The van der Waals surface area contributed by atoms with Gasteiger partial charge in [0.05, 0.1) is 17.9 Å². The number of Topliss-reactive ketones (excluding diaryl/α,β-unsaturated/α-hetero) is 1. The molecule has 8 unspecified atom stereocenters. The maximum Gasteiger partial charge on any atom is 0.309 e. The third kappa shape index (κ3) is 8.39. The van der Waals surface area contributed by atoms with Crippen LogP contribution in [0.25, 0.3) is 0 Å². The highest BCUT2D eigenvalue weighted by atomic mass is 16.5. The molecule has 0 radical (unpaired) electrons. The third-order valence-corrected chi connectivity index (χ3v) is 15.6. The summed E-state index contributed by atoms with van der Waals surface area (Å²) in [6, 6.07) is 0. The van der Waals surface area contributed by atoms with E-state index in [9.17, 15) is 19.5 Å². The molecule has 0 bridgehead atoms. The summed E-state index contributed by atoms with van der Waals surface area (Å²) in [7, 11) is 2.03. The van der Waals surface area contributed by atoms with Gasteiger partial charge in [0.15, 0.2) is 5.78 Å². The van der Waals surface area contributed by atoms with Gasteiger partial charge in [0, 0.05) is 38.6 Å². The number of carboxylic acid groups (broad SMARTS) is 1. The van der Waals surface area contributed by atoms with Gasteiger partial charge in [0.2, 0.25) is 0 Å². The Morgan fingerprint density at radius 3 is 2.39 bits per heavy atom. The monoisotopic (exact) mass is 775 g/mol. The lowest BCUT2D eigenvalue weighted by Crippen LogP contribution is -2.63. The van der Waals surface area contributed by atoms with E-state index < -0.39 is 17.4 Å². The third-order valence-electron chi connectivity index (χ3n) is 15.6. The summed E-state index contributed by atoms with van der Waals surface area (Å²) in [5.74, 6) is 1.14. The second-order valence-electron chi connectivity index (χ2n) is 19.7. The van der Waals surface area contributed by atoms with E-state index >= 15 is 0 Å². The SMILES string of the molecule is C=N/N=C(/CC12CCC3(CC)C(CCC4C(C)(CCC(C)OC(=O)CC(C)(C)C(=O)O)C(C)CCC43C)C1=C(C(C)C)C(=O)C2)N(C)CC(=C)/C=C\C(C)=C/N. The smallest absolute Gasteiger partial charge is 0.309 e. The van der Waals surface area contributed by atoms with Crippen molar-refractivity contribution in [3.8, 4) is 0 Å². The molecule has 3 fully saturated rings. The van der Waals surface area contributed by atoms with E-state index in [1.807, 2.05) is 33.0 Å². The van der Waals surface area contributed by atoms with Gasteiger partial charge in [0.1, 0.15) is 5.84 Å². The molecule has 0 aliphatic heterocycles. The van der Waals surface area contributed by atoms with Gasteiger partial charge < -0.3 is 20.5 Å². The summed E-state index contributed by atoms with van der Waals surface area (Å²) < 4.78 is 5.83. The average molecular weight is 775 g/mol. The number of hydrogen-bond donors (Lipinski definition) is 2. The Labute approximate surface area is 338 Å². The standard InChI is InChI=1S/C47H74N4O5/c1-14-47-24-23-46(26-38(50-49-12)51(13)29-32(5)16-15-31(4)28-48)25-36(52)40(30(2)3)41(46)35(47)17-18-37-44(10,33(6)19-22-45(37,47)11)21-20-34(7)56-39(53)27-43(8,9)42(54)55/h15-16,28,30,33-35,37H,5,12,14,17-27,29,48H2,1-4,6-11,13H3,(H,54,55)/b16-15-,31-28-,50-38-. The van der Waals surface area contributed by atoms with Crippen LogP contribution < -0.4 is 5.73 Å². The van der Waals surface area contributed by atoms with Gasteiger partial charge in [-0.25, -0.2) is 0 Å². The van der Waals surface area contributed by atoms with Crippen LogP contribution in [0, 0.1) is 50.7 Å². The molecule has 0 amide bonds. The van der Waals surface area contributed by atoms with Crippen molar-refractivity contribution < 1.29 is 24.2 Å². The zero-order chi connectivity index (χ0) is 42.0. The number of allylic oxidation sites excluding steroid dienone is 4. The molecule has 4 aliphatic rings. The Bertz CT molecular complexity index is 1670. The second-order valence-corrected chi connectivity index (χ2v) is 19.7. The van der Waals surface area contributed by atoms with Gasteiger partial charge in [-0.3, -0.25) is 14.4 Å². The topological polar surface area (TPSA) is 135 Å². The minimum atomic E-state index is -1.16. The first-order chi connectivity index (χ1) is 26.1. The molecule has 4 aliphatic carbocycles. The first-order valence-corrected chi connectivity index (χ1v) is 21.3. The van der Waals surface area contributed by atoms with Crippen molar-refractivity contribution in [2.75, 3.05) is 13.6 Å². The molecule has 9 heteroatoms. The molecular formula is C47H74N4O5. The summed E-state index contributed by atoms with van der Waals surface area (Å²) in [5, 5.41) is 18.2. The fraction of sp³-hybridized carbons (Fsp3) is 0.723. The van der Waals surface area contributed by atoms with Crippen molar-refractivity contribution in [2.45, 2.75) is 152 Å². The number of nitrogens with zero attached hydrogens (tertiary/aromatic N) is 3. The average Bonchev–Trinajstić information content (AvgIpc) is 3.42. The van der Waals surface area contributed by atoms with E-state index in [1.165, 1.54) is 12.0 Å².